The molecule has 0 radical (unpaired) electrons. The molecule has 1 heterocycles. The zero-order valence-electron chi connectivity index (χ0n) is 13.8. The Morgan fingerprint density at radius 1 is 1.24 bits per heavy atom. The van der Waals surface area contributed by atoms with Gasteiger partial charge in [-0.05, 0) is 38.0 Å². The number of carbonyl (C=O) groups excluding carboxylic acids is 1. The van der Waals surface area contributed by atoms with Gasteiger partial charge in [-0.1, -0.05) is 27.2 Å². The Balaban J connectivity index is 2.26. The third-order valence-corrected chi connectivity index (χ3v) is 4.69. The number of carboxylic acid groups (broad SMARTS) is 1. The van der Waals surface area contributed by atoms with Crippen molar-refractivity contribution in [3.05, 3.63) is 0 Å². The average molecular weight is 298 g/mol. The maximum Gasteiger partial charge on any atom is 0.317 e. The van der Waals surface area contributed by atoms with Crippen molar-refractivity contribution in [1.82, 2.24) is 10.2 Å². The minimum Gasteiger partial charge on any atom is -0.481 e. The predicted octanol–water partition coefficient (Wildman–Crippen LogP) is 2.95. The van der Waals surface area contributed by atoms with Crippen LogP contribution in [0.4, 0.5) is 4.79 Å². The second-order valence-electron chi connectivity index (χ2n) is 6.71. The Morgan fingerprint density at radius 3 is 2.48 bits per heavy atom. The van der Waals surface area contributed by atoms with Crippen LogP contribution in [-0.4, -0.2) is 41.1 Å². The van der Waals surface area contributed by atoms with Gasteiger partial charge in [-0.2, -0.15) is 0 Å². The van der Waals surface area contributed by atoms with Gasteiger partial charge < -0.3 is 15.3 Å². The fourth-order valence-corrected chi connectivity index (χ4v) is 2.68. The van der Waals surface area contributed by atoms with E-state index in [4.69, 9.17) is 5.11 Å². The number of hydrogen-bond acceptors (Lipinski definition) is 2. The monoisotopic (exact) mass is 298 g/mol. The molecule has 1 aliphatic heterocycles. The summed E-state index contributed by atoms with van der Waals surface area (Å²) < 4.78 is 0. The van der Waals surface area contributed by atoms with E-state index in [-0.39, 0.29) is 18.0 Å². The third kappa shape index (κ3) is 5.94. The molecule has 1 aliphatic rings. The molecule has 1 rings (SSSR count). The lowest BCUT2D eigenvalue weighted by Gasteiger charge is -2.35. The lowest BCUT2D eigenvalue weighted by atomic mass is 9.89. The molecule has 1 saturated heterocycles. The Hall–Kier alpha value is -1.26. The van der Waals surface area contributed by atoms with Crippen molar-refractivity contribution in [2.24, 2.45) is 17.8 Å². The summed E-state index contributed by atoms with van der Waals surface area (Å²) in [5.41, 5.74) is 0. The van der Waals surface area contributed by atoms with E-state index in [1.807, 2.05) is 11.8 Å². The lowest BCUT2D eigenvalue weighted by Crippen LogP contribution is -2.49. The maximum atomic E-state index is 12.2. The van der Waals surface area contributed by atoms with E-state index < -0.39 is 5.97 Å². The first kappa shape index (κ1) is 17.8. The molecule has 4 atom stereocenters. The number of aliphatic carboxylic acids is 1. The Morgan fingerprint density at radius 2 is 1.90 bits per heavy atom. The van der Waals surface area contributed by atoms with Crippen molar-refractivity contribution in [2.45, 2.75) is 59.4 Å². The summed E-state index contributed by atoms with van der Waals surface area (Å²) in [4.78, 5) is 24.8. The molecule has 2 N–H and O–H groups in total. The van der Waals surface area contributed by atoms with Gasteiger partial charge in [0.15, 0.2) is 0 Å². The second-order valence-corrected chi connectivity index (χ2v) is 6.71. The molecular weight excluding hydrogens is 268 g/mol. The quantitative estimate of drug-likeness (QED) is 0.792. The minimum atomic E-state index is -0.747. The molecule has 122 valence electrons. The van der Waals surface area contributed by atoms with Crippen molar-refractivity contribution in [2.75, 3.05) is 13.1 Å². The van der Waals surface area contributed by atoms with Gasteiger partial charge in [0.25, 0.3) is 0 Å². The topological polar surface area (TPSA) is 69.6 Å². The van der Waals surface area contributed by atoms with E-state index in [1.165, 1.54) is 0 Å². The van der Waals surface area contributed by atoms with Crippen molar-refractivity contribution >= 4 is 12.0 Å². The second kappa shape index (κ2) is 8.25. The predicted molar refractivity (Wildman–Crippen MR) is 83.2 cm³/mol. The zero-order chi connectivity index (χ0) is 16.0. The van der Waals surface area contributed by atoms with Gasteiger partial charge in [-0.15, -0.1) is 0 Å². The number of urea groups is 1. The summed E-state index contributed by atoms with van der Waals surface area (Å²) >= 11 is 0. The summed E-state index contributed by atoms with van der Waals surface area (Å²) in [6.45, 7) is 9.81. The van der Waals surface area contributed by atoms with E-state index in [0.717, 1.165) is 32.4 Å². The fourth-order valence-electron chi connectivity index (χ4n) is 2.68. The molecule has 0 aromatic heterocycles. The standard InChI is InChI=1S/C16H30N2O3/c1-11-8-9-18(10-13(11)3)16(21)17-14(4)7-5-6-12(2)15(19)20/h11-14H,5-10H2,1-4H3,(H,17,21)(H,19,20). The van der Waals surface area contributed by atoms with Crippen LogP contribution in [0.3, 0.4) is 0 Å². The number of nitrogens with zero attached hydrogens (tertiary/aromatic N) is 1. The van der Waals surface area contributed by atoms with Crippen LogP contribution in [0.15, 0.2) is 0 Å². The highest BCUT2D eigenvalue weighted by atomic mass is 16.4. The molecule has 0 aromatic rings. The molecule has 0 aromatic carbocycles. The van der Waals surface area contributed by atoms with Gasteiger partial charge in [-0.3, -0.25) is 4.79 Å². The number of amides is 2. The molecule has 0 aliphatic carbocycles. The summed E-state index contributed by atoms with van der Waals surface area (Å²) in [5.74, 6) is 0.181. The molecule has 0 spiro atoms. The van der Waals surface area contributed by atoms with Gasteiger partial charge >= 0.3 is 12.0 Å². The number of carbonyl (C=O) groups is 2. The zero-order valence-corrected chi connectivity index (χ0v) is 13.8. The van der Waals surface area contributed by atoms with Gasteiger partial charge in [-0.25, -0.2) is 4.79 Å². The number of hydrogen-bond donors (Lipinski definition) is 2. The molecule has 5 nitrogen and oxygen atoms in total. The summed E-state index contributed by atoms with van der Waals surface area (Å²) in [5, 5.41) is 11.9. The van der Waals surface area contributed by atoms with Crippen molar-refractivity contribution < 1.29 is 14.7 Å². The largest absolute Gasteiger partial charge is 0.481 e. The van der Waals surface area contributed by atoms with Crippen molar-refractivity contribution in [3.63, 3.8) is 0 Å². The molecule has 0 bridgehead atoms. The lowest BCUT2D eigenvalue weighted by molar-refractivity contribution is -0.141. The van der Waals surface area contributed by atoms with Crippen LogP contribution >= 0.6 is 0 Å². The van der Waals surface area contributed by atoms with Crippen LogP contribution in [0.5, 0.6) is 0 Å². The van der Waals surface area contributed by atoms with E-state index in [2.05, 4.69) is 19.2 Å². The Labute approximate surface area is 128 Å². The fraction of sp³-hybridized carbons (Fsp3) is 0.875. The third-order valence-electron chi connectivity index (χ3n) is 4.69. The molecule has 5 heteroatoms. The van der Waals surface area contributed by atoms with Crippen LogP contribution < -0.4 is 5.32 Å². The summed E-state index contributed by atoms with van der Waals surface area (Å²) in [6, 6.07) is 0.112. The van der Waals surface area contributed by atoms with E-state index in [1.54, 1.807) is 6.92 Å². The van der Waals surface area contributed by atoms with Crippen LogP contribution in [0.2, 0.25) is 0 Å². The average Bonchev–Trinajstić information content (AvgIpc) is 2.41. The van der Waals surface area contributed by atoms with E-state index in [0.29, 0.717) is 18.3 Å². The highest BCUT2D eigenvalue weighted by Gasteiger charge is 2.26. The van der Waals surface area contributed by atoms with Crippen molar-refractivity contribution in [3.8, 4) is 0 Å². The van der Waals surface area contributed by atoms with Gasteiger partial charge in [0.2, 0.25) is 0 Å². The normalized spacial score (nSPS) is 25.2. The first-order valence-corrected chi connectivity index (χ1v) is 8.09. The van der Waals surface area contributed by atoms with Crippen molar-refractivity contribution in [1.29, 1.82) is 0 Å². The highest BCUT2D eigenvalue weighted by molar-refractivity contribution is 5.74. The minimum absolute atomic E-state index is 0.0209. The van der Waals surface area contributed by atoms with E-state index in [9.17, 15) is 9.59 Å². The number of nitrogens with one attached hydrogen (secondary N) is 1. The number of carboxylic acids is 1. The van der Waals surface area contributed by atoms with Crippen LogP contribution in [0.25, 0.3) is 0 Å². The number of likely N-dealkylation sites (tertiary alicyclic amines) is 1. The molecule has 0 saturated carbocycles. The van der Waals surface area contributed by atoms with E-state index >= 15 is 0 Å². The molecular formula is C16H30N2O3. The van der Waals surface area contributed by atoms with Gasteiger partial charge in [0, 0.05) is 19.1 Å². The van der Waals surface area contributed by atoms with Crippen LogP contribution in [0, 0.1) is 17.8 Å². The molecule has 21 heavy (non-hydrogen) atoms. The Bertz CT molecular complexity index is 359. The van der Waals surface area contributed by atoms with Crippen LogP contribution in [-0.2, 0) is 4.79 Å². The first-order valence-electron chi connectivity index (χ1n) is 8.09. The molecule has 2 amide bonds. The molecule has 4 unspecified atom stereocenters. The Kier molecular flexibility index (Phi) is 6.99. The maximum absolute atomic E-state index is 12.2. The SMILES string of the molecule is CC(CCCC(C)C(=O)O)NC(=O)N1CCC(C)C(C)C1. The number of rotatable bonds is 6. The summed E-state index contributed by atoms with van der Waals surface area (Å²) in [6.07, 6.45) is 3.37. The summed E-state index contributed by atoms with van der Waals surface area (Å²) in [7, 11) is 0. The molecule has 1 fully saturated rings. The van der Waals surface area contributed by atoms with Gasteiger partial charge in [0.1, 0.15) is 0 Å². The smallest absolute Gasteiger partial charge is 0.317 e. The highest BCUT2D eigenvalue weighted by Crippen LogP contribution is 2.22. The first-order chi connectivity index (χ1) is 9.81. The van der Waals surface area contributed by atoms with Gasteiger partial charge in [0.05, 0.1) is 5.92 Å². The number of piperidine rings is 1. The van der Waals surface area contributed by atoms with Crippen LogP contribution in [0.1, 0.15) is 53.4 Å².